The van der Waals surface area contributed by atoms with Gasteiger partial charge < -0.3 is 20.1 Å². The number of alkyl halides is 3. The van der Waals surface area contributed by atoms with E-state index < -0.39 is 12.8 Å². The summed E-state index contributed by atoms with van der Waals surface area (Å²) in [5, 5.41) is 6.12. The highest BCUT2D eigenvalue weighted by molar-refractivity contribution is 14.0. The first-order chi connectivity index (χ1) is 11.5. The molecule has 1 aromatic carbocycles. The lowest BCUT2D eigenvalue weighted by atomic mass is 10.3. The van der Waals surface area contributed by atoms with Crippen molar-refractivity contribution in [3.63, 3.8) is 0 Å². The summed E-state index contributed by atoms with van der Waals surface area (Å²) >= 11 is 0. The molecule has 0 saturated heterocycles. The Labute approximate surface area is 163 Å². The SMILES string of the molecule is CN=C(NCCCOCC(F)(F)F)NCCCOc1ccccc1.I. The zero-order valence-electron chi connectivity index (χ0n) is 14.1. The Morgan fingerprint density at radius 2 is 1.64 bits per heavy atom. The van der Waals surface area contributed by atoms with Crippen molar-refractivity contribution in [3.8, 4) is 5.75 Å². The predicted octanol–water partition coefficient (Wildman–Crippen LogP) is 3.21. The standard InChI is InChI=1S/C16H24F3N3O2.HI/c1-20-15(21-9-5-11-23-13-16(17,18)19)22-10-6-12-24-14-7-3-2-4-8-14;/h2-4,7-8H,5-6,9-13H2,1H3,(H2,20,21,22);1H. The number of aliphatic imine (C=N–C) groups is 1. The lowest BCUT2D eigenvalue weighted by Gasteiger charge is -2.12. The molecule has 0 radical (unpaired) electrons. The van der Waals surface area contributed by atoms with Crippen molar-refractivity contribution in [2.45, 2.75) is 19.0 Å². The van der Waals surface area contributed by atoms with E-state index in [1.165, 1.54) is 0 Å². The van der Waals surface area contributed by atoms with Gasteiger partial charge in [-0.15, -0.1) is 24.0 Å². The van der Waals surface area contributed by atoms with Gasteiger partial charge in [-0.05, 0) is 25.0 Å². The maximum atomic E-state index is 11.9. The average molecular weight is 475 g/mol. The molecule has 0 aliphatic rings. The lowest BCUT2D eigenvalue weighted by molar-refractivity contribution is -0.173. The van der Waals surface area contributed by atoms with Crippen LogP contribution in [0.1, 0.15) is 12.8 Å². The summed E-state index contributed by atoms with van der Waals surface area (Å²) in [6.07, 6.45) is -3.01. The third kappa shape index (κ3) is 13.7. The van der Waals surface area contributed by atoms with Crippen LogP contribution in [0.4, 0.5) is 13.2 Å². The number of benzene rings is 1. The lowest BCUT2D eigenvalue weighted by Crippen LogP contribution is -2.38. The molecule has 0 bridgehead atoms. The van der Waals surface area contributed by atoms with Crippen LogP contribution in [-0.2, 0) is 4.74 Å². The fraction of sp³-hybridized carbons (Fsp3) is 0.562. The van der Waals surface area contributed by atoms with Crippen LogP contribution < -0.4 is 15.4 Å². The molecule has 1 rings (SSSR count). The summed E-state index contributed by atoms with van der Waals surface area (Å²) < 4.78 is 45.7. The zero-order valence-corrected chi connectivity index (χ0v) is 16.5. The second-order valence-electron chi connectivity index (χ2n) is 4.96. The Bertz CT molecular complexity index is 473. The van der Waals surface area contributed by atoms with Crippen LogP contribution in [0.15, 0.2) is 35.3 Å². The van der Waals surface area contributed by atoms with E-state index in [4.69, 9.17) is 4.74 Å². The van der Waals surface area contributed by atoms with Gasteiger partial charge >= 0.3 is 6.18 Å². The number of rotatable bonds is 10. The first-order valence-corrected chi connectivity index (χ1v) is 7.78. The largest absolute Gasteiger partial charge is 0.494 e. The number of ether oxygens (including phenoxy) is 2. The Morgan fingerprint density at radius 1 is 1.04 bits per heavy atom. The Hall–Kier alpha value is -1.23. The van der Waals surface area contributed by atoms with Crippen molar-refractivity contribution < 1.29 is 22.6 Å². The number of para-hydroxylation sites is 1. The van der Waals surface area contributed by atoms with E-state index in [0.29, 0.717) is 32.1 Å². The first kappa shape index (κ1) is 23.8. The summed E-state index contributed by atoms with van der Waals surface area (Å²) in [5.41, 5.74) is 0. The van der Waals surface area contributed by atoms with Gasteiger partial charge in [0.05, 0.1) is 6.61 Å². The Kier molecular flexibility index (Phi) is 13.3. The molecule has 0 atom stereocenters. The van der Waals surface area contributed by atoms with Crippen LogP contribution in [0.2, 0.25) is 0 Å². The molecule has 0 aliphatic carbocycles. The molecule has 0 aliphatic heterocycles. The van der Waals surface area contributed by atoms with Crippen molar-refractivity contribution >= 4 is 29.9 Å². The van der Waals surface area contributed by atoms with E-state index in [1.807, 2.05) is 30.3 Å². The van der Waals surface area contributed by atoms with Crippen molar-refractivity contribution in [1.29, 1.82) is 0 Å². The topological polar surface area (TPSA) is 54.9 Å². The number of nitrogens with zero attached hydrogens (tertiary/aromatic N) is 1. The highest BCUT2D eigenvalue weighted by Crippen LogP contribution is 2.14. The summed E-state index contributed by atoms with van der Waals surface area (Å²) in [7, 11) is 1.63. The molecule has 0 unspecified atom stereocenters. The van der Waals surface area contributed by atoms with Gasteiger partial charge in [0.1, 0.15) is 12.4 Å². The molecule has 0 aromatic heterocycles. The van der Waals surface area contributed by atoms with Crippen molar-refractivity contribution in [1.82, 2.24) is 10.6 Å². The van der Waals surface area contributed by atoms with Crippen LogP contribution in [0.5, 0.6) is 5.75 Å². The monoisotopic (exact) mass is 475 g/mol. The van der Waals surface area contributed by atoms with E-state index in [0.717, 1.165) is 12.2 Å². The van der Waals surface area contributed by atoms with E-state index in [2.05, 4.69) is 20.4 Å². The Morgan fingerprint density at radius 3 is 2.20 bits per heavy atom. The number of halogens is 4. The van der Waals surface area contributed by atoms with E-state index in [9.17, 15) is 13.2 Å². The molecular weight excluding hydrogens is 450 g/mol. The molecule has 144 valence electrons. The summed E-state index contributed by atoms with van der Waals surface area (Å²) in [5.74, 6) is 1.43. The third-order valence-corrected chi connectivity index (χ3v) is 2.87. The molecule has 0 spiro atoms. The van der Waals surface area contributed by atoms with Crippen LogP contribution in [0.25, 0.3) is 0 Å². The quantitative estimate of drug-likeness (QED) is 0.236. The molecule has 0 heterocycles. The summed E-state index contributed by atoms with van der Waals surface area (Å²) in [6, 6.07) is 9.55. The summed E-state index contributed by atoms with van der Waals surface area (Å²) in [6.45, 7) is 0.588. The first-order valence-electron chi connectivity index (χ1n) is 7.78. The number of nitrogens with one attached hydrogen (secondary N) is 2. The van der Waals surface area contributed by atoms with Gasteiger partial charge in [-0.2, -0.15) is 13.2 Å². The number of guanidine groups is 1. The van der Waals surface area contributed by atoms with Crippen LogP contribution >= 0.6 is 24.0 Å². The summed E-state index contributed by atoms with van der Waals surface area (Å²) in [4.78, 5) is 4.03. The van der Waals surface area contributed by atoms with Crippen molar-refractivity contribution in [2.24, 2.45) is 4.99 Å². The molecule has 5 nitrogen and oxygen atoms in total. The van der Waals surface area contributed by atoms with Crippen LogP contribution in [0.3, 0.4) is 0 Å². The van der Waals surface area contributed by atoms with Crippen molar-refractivity contribution in [3.05, 3.63) is 30.3 Å². The van der Waals surface area contributed by atoms with Crippen molar-refractivity contribution in [2.75, 3.05) is 40.0 Å². The fourth-order valence-corrected chi connectivity index (χ4v) is 1.78. The number of hydrogen-bond acceptors (Lipinski definition) is 3. The molecule has 0 saturated carbocycles. The van der Waals surface area contributed by atoms with Gasteiger partial charge in [0, 0.05) is 26.7 Å². The van der Waals surface area contributed by atoms with E-state index >= 15 is 0 Å². The van der Waals surface area contributed by atoms with E-state index in [-0.39, 0.29) is 30.6 Å². The Balaban J connectivity index is 0.00000576. The van der Waals surface area contributed by atoms with E-state index in [1.54, 1.807) is 7.05 Å². The minimum Gasteiger partial charge on any atom is -0.494 e. The number of hydrogen-bond donors (Lipinski definition) is 2. The second-order valence-corrected chi connectivity index (χ2v) is 4.96. The average Bonchev–Trinajstić information content (AvgIpc) is 2.55. The molecule has 0 amide bonds. The molecular formula is C16H25F3IN3O2. The van der Waals surface area contributed by atoms with Crippen LogP contribution in [0, 0.1) is 0 Å². The second kappa shape index (κ2) is 14.0. The van der Waals surface area contributed by atoms with Gasteiger partial charge in [0.15, 0.2) is 5.96 Å². The molecule has 0 fully saturated rings. The highest BCUT2D eigenvalue weighted by atomic mass is 127. The van der Waals surface area contributed by atoms with Gasteiger partial charge in [0.2, 0.25) is 0 Å². The van der Waals surface area contributed by atoms with Gasteiger partial charge in [0.25, 0.3) is 0 Å². The molecule has 25 heavy (non-hydrogen) atoms. The molecule has 9 heteroatoms. The minimum atomic E-state index is -4.27. The molecule has 2 N–H and O–H groups in total. The minimum absolute atomic E-state index is 0. The predicted molar refractivity (Wildman–Crippen MR) is 103 cm³/mol. The normalized spacial score (nSPS) is 11.6. The van der Waals surface area contributed by atoms with Gasteiger partial charge in [-0.25, -0.2) is 0 Å². The maximum Gasteiger partial charge on any atom is 0.411 e. The fourth-order valence-electron chi connectivity index (χ4n) is 1.78. The smallest absolute Gasteiger partial charge is 0.411 e. The zero-order chi connectivity index (χ0) is 17.7. The van der Waals surface area contributed by atoms with Gasteiger partial charge in [-0.3, -0.25) is 4.99 Å². The molecule has 1 aromatic rings. The maximum absolute atomic E-state index is 11.9. The highest BCUT2D eigenvalue weighted by Gasteiger charge is 2.27. The van der Waals surface area contributed by atoms with Gasteiger partial charge in [-0.1, -0.05) is 18.2 Å². The third-order valence-electron chi connectivity index (χ3n) is 2.87. The van der Waals surface area contributed by atoms with Crippen LogP contribution in [-0.4, -0.2) is 52.1 Å².